The third-order valence-corrected chi connectivity index (χ3v) is 6.48. The lowest BCUT2D eigenvalue weighted by Crippen LogP contribution is -2.43. The fourth-order valence-corrected chi connectivity index (χ4v) is 4.74. The Labute approximate surface area is 171 Å². The Bertz CT molecular complexity index is 989. The van der Waals surface area contributed by atoms with Crippen LogP contribution in [0.15, 0.2) is 41.7 Å². The van der Waals surface area contributed by atoms with E-state index in [1.165, 1.54) is 30.1 Å². The van der Waals surface area contributed by atoms with Crippen molar-refractivity contribution < 1.29 is 14.3 Å². The molecule has 0 unspecified atom stereocenters. The first-order valence-electron chi connectivity index (χ1n) is 8.74. The summed E-state index contributed by atoms with van der Waals surface area (Å²) in [7, 11) is 1.32. The highest BCUT2D eigenvalue weighted by Gasteiger charge is 2.22. The van der Waals surface area contributed by atoms with Gasteiger partial charge in [-0.05, 0) is 25.0 Å². The minimum absolute atomic E-state index is 0.155. The summed E-state index contributed by atoms with van der Waals surface area (Å²) in [5, 5.41) is 4.55. The Balaban J connectivity index is 1.67. The number of fused-ring (bicyclic) bond motifs is 1. The lowest BCUT2D eigenvalue weighted by molar-refractivity contribution is -0.144. The SMILES string of the molecule is COC(=O)[C@@H](Cc1ccccc1)NC(=O)CSc1ncnc2sc(C)c(C)c12. The number of esters is 1. The summed E-state index contributed by atoms with van der Waals surface area (Å²) in [5.74, 6) is -0.549. The van der Waals surface area contributed by atoms with Crippen molar-refractivity contribution in [3.05, 3.63) is 52.7 Å². The number of carbonyl (C=O) groups is 2. The van der Waals surface area contributed by atoms with Crippen molar-refractivity contribution in [3.8, 4) is 0 Å². The number of hydrogen-bond acceptors (Lipinski definition) is 7. The number of aromatic nitrogens is 2. The van der Waals surface area contributed by atoms with Crippen molar-refractivity contribution in [2.45, 2.75) is 31.3 Å². The number of aryl methyl sites for hydroxylation is 2. The molecule has 2 aromatic heterocycles. The first-order chi connectivity index (χ1) is 13.5. The van der Waals surface area contributed by atoms with Gasteiger partial charge in [0.05, 0.1) is 12.9 Å². The van der Waals surface area contributed by atoms with Gasteiger partial charge in [0.1, 0.15) is 22.2 Å². The third-order valence-electron chi connectivity index (χ3n) is 4.37. The van der Waals surface area contributed by atoms with Crippen LogP contribution in [0.1, 0.15) is 16.0 Å². The number of thiophene rings is 1. The van der Waals surface area contributed by atoms with Crippen molar-refractivity contribution in [1.29, 1.82) is 0 Å². The molecule has 0 radical (unpaired) electrons. The molecule has 0 aliphatic rings. The van der Waals surface area contributed by atoms with Crippen molar-refractivity contribution >= 4 is 45.2 Å². The summed E-state index contributed by atoms with van der Waals surface area (Å²) in [6, 6.07) is 8.80. The normalized spacial score (nSPS) is 12.0. The molecular weight excluding hydrogens is 394 g/mol. The van der Waals surface area contributed by atoms with Crippen LogP contribution < -0.4 is 5.32 Å². The molecule has 0 fully saturated rings. The largest absolute Gasteiger partial charge is 0.467 e. The molecule has 0 saturated heterocycles. The molecular formula is C20H21N3O3S2. The molecule has 2 heterocycles. The van der Waals surface area contributed by atoms with Crippen LogP contribution in [-0.2, 0) is 20.7 Å². The number of methoxy groups -OCH3 is 1. The highest BCUT2D eigenvalue weighted by atomic mass is 32.2. The lowest BCUT2D eigenvalue weighted by Gasteiger charge is -2.16. The molecule has 146 valence electrons. The molecule has 1 atom stereocenters. The molecule has 0 aliphatic heterocycles. The smallest absolute Gasteiger partial charge is 0.328 e. The predicted molar refractivity (Wildman–Crippen MR) is 112 cm³/mol. The summed E-state index contributed by atoms with van der Waals surface area (Å²) in [5.41, 5.74) is 2.09. The van der Waals surface area contributed by atoms with E-state index in [9.17, 15) is 9.59 Å². The Morgan fingerprint density at radius 2 is 1.96 bits per heavy atom. The van der Waals surface area contributed by atoms with Gasteiger partial charge in [0.2, 0.25) is 5.91 Å². The topological polar surface area (TPSA) is 81.2 Å². The maximum absolute atomic E-state index is 12.5. The molecule has 0 aliphatic carbocycles. The zero-order valence-corrected chi connectivity index (χ0v) is 17.5. The van der Waals surface area contributed by atoms with Crippen molar-refractivity contribution in [2.75, 3.05) is 12.9 Å². The number of amides is 1. The number of carbonyl (C=O) groups excluding carboxylic acids is 2. The zero-order valence-electron chi connectivity index (χ0n) is 15.9. The fourth-order valence-electron chi connectivity index (χ4n) is 2.81. The van der Waals surface area contributed by atoms with Gasteiger partial charge in [0.25, 0.3) is 0 Å². The molecule has 3 aromatic rings. The van der Waals surface area contributed by atoms with Crippen molar-refractivity contribution in [3.63, 3.8) is 0 Å². The van der Waals surface area contributed by atoms with E-state index in [-0.39, 0.29) is 11.7 Å². The molecule has 1 amide bonds. The van der Waals surface area contributed by atoms with Crippen LogP contribution in [0.25, 0.3) is 10.2 Å². The number of hydrogen-bond donors (Lipinski definition) is 1. The molecule has 0 bridgehead atoms. The van der Waals surface area contributed by atoms with Crippen LogP contribution in [0.5, 0.6) is 0 Å². The van der Waals surface area contributed by atoms with E-state index in [1.54, 1.807) is 11.3 Å². The predicted octanol–water partition coefficient (Wildman–Crippen LogP) is 3.30. The highest BCUT2D eigenvalue weighted by molar-refractivity contribution is 8.00. The van der Waals surface area contributed by atoms with Gasteiger partial charge in [-0.3, -0.25) is 4.79 Å². The summed E-state index contributed by atoms with van der Waals surface area (Å²) in [6.45, 7) is 4.09. The molecule has 0 saturated carbocycles. The third kappa shape index (κ3) is 4.69. The van der Waals surface area contributed by atoms with Gasteiger partial charge in [-0.25, -0.2) is 14.8 Å². The number of ether oxygens (including phenoxy) is 1. The second-order valence-electron chi connectivity index (χ2n) is 6.26. The quantitative estimate of drug-likeness (QED) is 0.362. The highest BCUT2D eigenvalue weighted by Crippen LogP contribution is 2.34. The molecule has 1 aromatic carbocycles. The van der Waals surface area contributed by atoms with Crippen LogP contribution in [0.4, 0.5) is 0 Å². The summed E-state index contributed by atoms with van der Waals surface area (Å²) < 4.78 is 4.84. The molecule has 6 nitrogen and oxygen atoms in total. The molecule has 1 N–H and O–H groups in total. The van der Waals surface area contributed by atoms with E-state index < -0.39 is 12.0 Å². The summed E-state index contributed by atoms with van der Waals surface area (Å²) >= 11 is 2.96. The zero-order chi connectivity index (χ0) is 20.1. The van der Waals surface area contributed by atoms with Crippen molar-refractivity contribution in [1.82, 2.24) is 15.3 Å². The Hall–Kier alpha value is -2.45. The second-order valence-corrected chi connectivity index (χ2v) is 8.43. The average molecular weight is 416 g/mol. The number of rotatable bonds is 7. The van der Waals surface area contributed by atoms with Crippen LogP contribution in [0.2, 0.25) is 0 Å². The van der Waals surface area contributed by atoms with Gasteiger partial charge < -0.3 is 10.1 Å². The molecule has 0 spiro atoms. The van der Waals surface area contributed by atoms with Crippen LogP contribution >= 0.6 is 23.1 Å². The number of nitrogens with zero attached hydrogens (tertiary/aromatic N) is 2. The van der Waals surface area contributed by atoms with E-state index in [0.717, 1.165) is 26.4 Å². The molecule has 28 heavy (non-hydrogen) atoms. The Morgan fingerprint density at radius 1 is 1.21 bits per heavy atom. The first kappa shape index (κ1) is 20.3. The number of nitrogens with one attached hydrogen (secondary N) is 1. The van der Waals surface area contributed by atoms with Crippen molar-refractivity contribution in [2.24, 2.45) is 0 Å². The second kappa shape index (κ2) is 9.16. The number of thioether (sulfide) groups is 1. The average Bonchev–Trinajstić information content (AvgIpc) is 3.00. The monoisotopic (exact) mass is 415 g/mol. The Morgan fingerprint density at radius 3 is 2.68 bits per heavy atom. The first-order valence-corrected chi connectivity index (χ1v) is 10.5. The summed E-state index contributed by atoms with van der Waals surface area (Å²) in [6.07, 6.45) is 1.90. The van der Waals surface area contributed by atoms with Gasteiger partial charge in [-0.15, -0.1) is 11.3 Å². The van der Waals surface area contributed by atoms with Gasteiger partial charge >= 0.3 is 5.97 Å². The van der Waals surface area contributed by atoms with E-state index >= 15 is 0 Å². The van der Waals surface area contributed by atoms with Gasteiger partial charge in [0, 0.05) is 16.7 Å². The van der Waals surface area contributed by atoms with E-state index in [0.29, 0.717) is 6.42 Å². The minimum Gasteiger partial charge on any atom is -0.467 e. The van der Waals surface area contributed by atoms with E-state index in [2.05, 4.69) is 15.3 Å². The fraction of sp³-hybridized carbons (Fsp3) is 0.300. The van der Waals surface area contributed by atoms with Gasteiger partial charge in [-0.1, -0.05) is 42.1 Å². The maximum Gasteiger partial charge on any atom is 0.328 e. The Kier molecular flexibility index (Phi) is 6.64. The van der Waals surface area contributed by atoms with Gasteiger partial charge in [-0.2, -0.15) is 0 Å². The standard InChI is InChI=1S/C20H21N3O3S2/c1-12-13(2)28-19-17(12)18(21-11-22-19)27-10-16(24)23-15(20(25)26-3)9-14-7-5-4-6-8-14/h4-8,11,15H,9-10H2,1-3H3,(H,23,24)/t15-/m1/s1. The molecule has 8 heteroatoms. The van der Waals surface area contributed by atoms with Crippen LogP contribution in [0.3, 0.4) is 0 Å². The lowest BCUT2D eigenvalue weighted by atomic mass is 10.1. The number of benzene rings is 1. The maximum atomic E-state index is 12.5. The minimum atomic E-state index is -0.726. The summed E-state index contributed by atoms with van der Waals surface area (Å²) in [4.78, 5) is 35.3. The molecule has 3 rings (SSSR count). The van der Waals surface area contributed by atoms with E-state index in [1.807, 2.05) is 44.2 Å². The van der Waals surface area contributed by atoms with Crippen LogP contribution in [-0.4, -0.2) is 40.7 Å². The van der Waals surface area contributed by atoms with Crippen LogP contribution in [0, 0.1) is 13.8 Å². The van der Waals surface area contributed by atoms with E-state index in [4.69, 9.17) is 4.74 Å². The van der Waals surface area contributed by atoms with Gasteiger partial charge in [0.15, 0.2) is 0 Å².